The minimum Gasteiger partial charge on any atom is -0.487 e. The molecule has 0 aliphatic rings. The molecule has 0 amide bonds. The second kappa shape index (κ2) is 15.4. The second-order valence-corrected chi connectivity index (χ2v) is 9.40. The highest BCUT2D eigenvalue weighted by Crippen LogP contribution is 2.38. The van der Waals surface area contributed by atoms with Crippen LogP contribution in [0.1, 0.15) is 25.0 Å². The molecule has 0 bridgehead atoms. The van der Waals surface area contributed by atoms with E-state index in [1.807, 2.05) is 6.07 Å². The quantitative estimate of drug-likeness (QED) is 0.100. The molecule has 1 N–H and O–H groups in total. The van der Waals surface area contributed by atoms with Gasteiger partial charge in [0.2, 0.25) is 5.75 Å². The molecule has 4 aromatic rings. The van der Waals surface area contributed by atoms with Gasteiger partial charge >= 0.3 is 17.8 Å². The largest absolute Gasteiger partial charge is 0.487 e. The Morgan fingerprint density at radius 3 is 2.11 bits per heavy atom. The van der Waals surface area contributed by atoms with Crippen LogP contribution >= 0.6 is 11.6 Å². The molecule has 0 aliphatic carbocycles. The summed E-state index contributed by atoms with van der Waals surface area (Å²) in [6.07, 6.45) is -5.49. The predicted molar refractivity (Wildman–Crippen MR) is 156 cm³/mol. The number of alkyl halides is 3. The fraction of sp³-hybridized carbons (Fsp3) is 0.161. The highest BCUT2D eigenvalue weighted by molar-refractivity contribution is 6.32. The van der Waals surface area contributed by atoms with Gasteiger partial charge < -0.3 is 24.1 Å². The summed E-state index contributed by atoms with van der Waals surface area (Å²) < 4.78 is 72.6. The summed E-state index contributed by atoms with van der Waals surface area (Å²) >= 11 is 5.80. The van der Waals surface area contributed by atoms with Crippen LogP contribution in [0.3, 0.4) is 0 Å². The molecule has 15 heteroatoms. The van der Waals surface area contributed by atoms with Gasteiger partial charge in [-0.15, -0.1) is 0 Å². The number of nitro groups is 1. The first kappa shape index (κ1) is 34.9. The third kappa shape index (κ3) is 9.73. The lowest BCUT2D eigenvalue weighted by molar-refractivity contribution is -0.385. The van der Waals surface area contributed by atoms with Crippen LogP contribution < -0.4 is 18.9 Å². The molecular weight excluding hydrogens is 640 g/mol. The van der Waals surface area contributed by atoms with Crippen molar-refractivity contribution in [2.24, 2.45) is 0 Å². The van der Waals surface area contributed by atoms with Crippen LogP contribution in [-0.2, 0) is 11.0 Å². The van der Waals surface area contributed by atoms with Crippen molar-refractivity contribution in [3.8, 4) is 40.6 Å². The maximum absolute atomic E-state index is 13.7. The number of carboxylic acids is 1. The molecule has 4 rings (SSSR count). The van der Waals surface area contributed by atoms with Gasteiger partial charge in [0, 0.05) is 12.1 Å². The maximum Gasteiger partial charge on any atom is 0.416 e. The molecule has 0 saturated carbocycles. The van der Waals surface area contributed by atoms with E-state index in [4.69, 9.17) is 40.9 Å². The fourth-order valence-electron chi connectivity index (χ4n) is 3.49. The number of carboxylic acid groups (broad SMARTS) is 1. The molecule has 10 nitrogen and oxygen atoms in total. The summed E-state index contributed by atoms with van der Waals surface area (Å²) in [6, 6.07) is 18.2. The van der Waals surface area contributed by atoms with Gasteiger partial charge in [0.25, 0.3) is 0 Å². The van der Waals surface area contributed by atoms with Gasteiger partial charge in [-0.25, -0.2) is 9.18 Å². The van der Waals surface area contributed by atoms with Gasteiger partial charge in [0.1, 0.15) is 23.0 Å². The lowest BCUT2D eigenvalue weighted by atomic mass is 10.2. The molecule has 0 spiro atoms. The second-order valence-electron chi connectivity index (χ2n) is 8.99. The number of nitriles is 1. The van der Waals surface area contributed by atoms with Crippen molar-refractivity contribution in [2.75, 3.05) is 6.61 Å². The van der Waals surface area contributed by atoms with Crippen molar-refractivity contribution < 1.29 is 51.3 Å². The third-order valence-corrected chi connectivity index (χ3v) is 5.98. The van der Waals surface area contributed by atoms with Crippen molar-refractivity contribution in [3.05, 3.63) is 111 Å². The number of hydrogen-bond acceptors (Lipinski definition) is 8. The van der Waals surface area contributed by atoms with Gasteiger partial charge in [-0.2, -0.15) is 18.4 Å². The number of benzene rings is 4. The van der Waals surface area contributed by atoms with E-state index in [9.17, 15) is 32.5 Å². The van der Waals surface area contributed by atoms with Crippen molar-refractivity contribution in [1.29, 1.82) is 5.26 Å². The zero-order valence-electron chi connectivity index (χ0n) is 23.9. The first-order valence-corrected chi connectivity index (χ1v) is 13.4. The van der Waals surface area contributed by atoms with Crippen LogP contribution in [-0.4, -0.2) is 28.7 Å². The monoisotopic (exact) mass is 662 g/mol. The van der Waals surface area contributed by atoms with E-state index in [2.05, 4.69) is 0 Å². The maximum atomic E-state index is 13.7. The number of hydrogen-bond donors (Lipinski definition) is 1. The summed E-state index contributed by atoms with van der Waals surface area (Å²) in [4.78, 5) is 21.0. The predicted octanol–water partition coefficient (Wildman–Crippen LogP) is 8.80. The number of nitro benzene ring substituents is 1. The minimum atomic E-state index is -4.52. The van der Waals surface area contributed by atoms with E-state index in [-0.39, 0.29) is 45.9 Å². The molecule has 4 aromatic carbocycles. The molecule has 0 saturated heterocycles. The van der Waals surface area contributed by atoms with Crippen molar-refractivity contribution in [2.45, 2.75) is 26.1 Å². The molecule has 46 heavy (non-hydrogen) atoms. The van der Waals surface area contributed by atoms with Crippen LogP contribution in [0.15, 0.2) is 78.9 Å². The minimum absolute atomic E-state index is 0.00780. The number of halogens is 5. The molecule has 0 heterocycles. The Morgan fingerprint density at radius 2 is 1.57 bits per heavy atom. The Balaban J connectivity index is 0.000000251. The average molecular weight is 663 g/mol. The van der Waals surface area contributed by atoms with E-state index in [1.54, 1.807) is 6.92 Å². The smallest absolute Gasteiger partial charge is 0.416 e. The number of aliphatic carboxylic acids is 1. The molecule has 240 valence electrons. The zero-order chi connectivity index (χ0) is 34.0. The van der Waals surface area contributed by atoms with Crippen LogP contribution in [0, 0.1) is 27.3 Å². The Kier molecular flexibility index (Phi) is 11.7. The summed E-state index contributed by atoms with van der Waals surface area (Å²) in [5.41, 5.74) is -0.947. The van der Waals surface area contributed by atoms with Crippen LogP contribution in [0.2, 0.25) is 5.02 Å². The van der Waals surface area contributed by atoms with Gasteiger partial charge in [-0.3, -0.25) is 10.1 Å². The Bertz CT molecular complexity index is 1740. The van der Waals surface area contributed by atoms with Crippen molar-refractivity contribution in [1.82, 2.24) is 0 Å². The summed E-state index contributed by atoms with van der Waals surface area (Å²) in [5, 5.41) is 28.1. The van der Waals surface area contributed by atoms with E-state index < -0.39 is 34.6 Å². The van der Waals surface area contributed by atoms with Gasteiger partial charge in [0.15, 0.2) is 17.7 Å². The molecule has 1 atom stereocenters. The van der Waals surface area contributed by atoms with E-state index in [0.29, 0.717) is 11.5 Å². The van der Waals surface area contributed by atoms with Gasteiger partial charge in [0.05, 0.1) is 33.7 Å². The highest BCUT2D eigenvalue weighted by Gasteiger charge is 2.31. The lowest BCUT2D eigenvalue weighted by Gasteiger charge is -2.12. The summed E-state index contributed by atoms with van der Waals surface area (Å²) in [7, 11) is 0. The Morgan fingerprint density at radius 1 is 0.957 bits per heavy atom. The molecule has 0 fully saturated rings. The molecule has 0 aliphatic heterocycles. The zero-order valence-corrected chi connectivity index (χ0v) is 24.6. The summed E-state index contributed by atoms with van der Waals surface area (Å²) in [6.45, 7) is 3.27. The Labute approximate surface area is 264 Å². The highest BCUT2D eigenvalue weighted by atomic mass is 35.5. The average Bonchev–Trinajstić information content (AvgIpc) is 3.00. The number of nitrogens with zero attached hydrogens (tertiary/aromatic N) is 2. The third-order valence-electron chi connectivity index (χ3n) is 5.69. The van der Waals surface area contributed by atoms with Crippen LogP contribution in [0.4, 0.5) is 23.2 Å². The molecular formula is C31H23ClF4N2O8. The van der Waals surface area contributed by atoms with Gasteiger partial charge in [-0.05, 0) is 80.6 Å². The summed E-state index contributed by atoms with van der Waals surface area (Å²) in [5.74, 6) is -0.873. The van der Waals surface area contributed by atoms with Crippen molar-refractivity contribution in [3.63, 3.8) is 0 Å². The number of rotatable bonds is 10. The molecule has 0 radical (unpaired) electrons. The number of ether oxygens (including phenoxy) is 4. The van der Waals surface area contributed by atoms with E-state index in [0.717, 1.165) is 24.3 Å². The lowest BCUT2D eigenvalue weighted by Crippen LogP contribution is -2.22. The van der Waals surface area contributed by atoms with Crippen LogP contribution in [0.25, 0.3) is 0 Å². The first-order chi connectivity index (χ1) is 21.7. The SMILES string of the molecule is CCOc1cc(Oc2ccc(C(F)(F)F)cc2Cl)ccc1[N+](=O)[O-].C[C@@H](Oc1ccc(Oc2ccc(C#N)cc2F)cc1)C(=O)O. The standard InChI is InChI=1S/C16H12FNO4.C15H11ClF3NO4/c1-10(16(19)20)21-12-3-5-13(6-4-12)22-15-7-2-11(9-18)8-14(15)17;1-2-23-14-8-10(4-5-12(14)20(21)22)24-13-6-3-9(7-11(13)16)15(17,18)19/h2-8,10H,1H3,(H,19,20);3-8H,2H2,1H3/t10-;/m1./s1. The van der Waals surface area contributed by atoms with E-state index >= 15 is 0 Å². The van der Waals surface area contributed by atoms with Crippen molar-refractivity contribution >= 4 is 23.3 Å². The van der Waals surface area contributed by atoms with Crippen LogP contribution in [0.5, 0.6) is 34.5 Å². The molecule has 0 unspecified atom stereocenters. The molecule has 0 aromatic heterocycles. The fourth-order valence-corrected chi connectivity index (χ4v) is 3.71. The van der Waals surface area contributed by atoms with Gasteiger partial charge in [-0.1, -0.05) is 11.6 Å². The van der Waals surface area contributed by atoms with E-state index in [1.165, 1.54) is 61.5 Å². The first-order valence-electron chi connectivity index (χ1n) is 13.0. The normalized spacial score (nSPS) is 11.3. The number of carbonyl (C=O) groups is 1. The Hall–Kier alpha value is -5.55. The topological polar surface area (TPSA) is 141 Å².